The highest BCUT2D eigenvalue weighted by Crippen LogP contribution is 2.30. The molecule has 2 unspecified atom stereocenters. The Labute approximate surface area is 139 Å². The molecule has 1 aromatic rings. The largest absolute Gasteiger partial charge is 0.416 e. The second-order valence-electron chi connectivity index (χ2n) is 5.22. The Kier molecular flexibility index (Phi) is 5.47. The molecule has 5 N–H and O–H groups in total. The predicted molar refractivity (Wildman–Crippen MR) is 79.4 cm³/mol. The van der Waals surface area contributed by atoms with E-state index in [2.05, 4.69) is 21.3 Å². The summed E-state index contributed by atoms with van der Waals surface area (Å²) in [5, 5.41) is 18.3. The molecule has 1 aliphatic heterocycles. The van der Waals surface area contributed by atoms with Crippen molar-refractivity contribution in [2.24, 2.45) is 0 Å². The smallest absolute Gasteiger partial charge is 0.394 e. The molecular weight excluding hydrogens is 345 g/mol. The lowest BCUT2D eigenvalue weighted by atomic mass is 10.2. The van der Waals surface area contributed by atoms with Crippen LogP contribution in [0.15, 0.2) is 24.3 Å². The van der Waals surface area contributed by atoms with Crippen molar-refractivity contribution in [2.45, 2.75) is 18.3 Å². The fourth-order valence-corrected chi connectivity index (χ4v) is 2.08. The molecule has 0 radical (unpaired) electrons. The number of anilines is 1. The topological polar surface area (TPSA) is 120 Å². The summed E-state index contributed by atoms with van der Waals surface area (Å²) in [4.78, 5) is 34.9. The maximum absolute atomic E-state index is 12.7. The summed E-state index contributed by atoms with van der Waals surface area (Å²) < 4.78 is 38.0. The number of carbonyl (C=O) groups excluding carboxylic acids is 3. The Balaban J connectivity index is 2.00. The third-order valence-electron chi connectivity index (χ3n) is 3.36. The van der Waals surface area contributed by atoms with E-state index in [0.29, 0.717) is 0 Å². The van der Waals surface area contributed by atoms with E-state index in [9.17, 15) is 32.7 Å². The molecule has 0 spiro atoms. The summed E-state index contributed by atoms with van der Waals surface area (Å²) in [5.41, 5.74) is -1.09. The maximum atomic E-state index is 12.7. The van der Waals surface area contributed by atoms with Gasteiger partial charge in [-0.1, -0.05) is 6.07 Å². The van der Waals surface area contributed by atoms with Gasteiger partial charge in [-0.05, 0) is 18.2 Å². The molecule has 11 heteroatoms. The monoisotopic (exact) mass is 360 g/mol. The van der Waals surface area contributed by atoms with E-state index < -0.39 is 48.3 Å². The highest BCUT2D eigenvalue weighted by atomic mass is 19.4. The lowest BCUT2D eigenvalue weighted by Gasteiger charge is -2.18. The van der Waals surface area contributed by atoms with Crippen LogP contribution < -0.4 is 21.3 Å². The lowest BCUT2D eigenvalue weighted by molar-refractivity contribution is -0.137. The molecule has 0 aromatic heterocycles. The summed E-state index contributed by atoms with van der Waals surface area (Å²) in [6, 6.07) is 1.08. The molecule has 4 amide bonds. The number of urea groups is 1. The average molecular weight is 360 g/mol. The number of hydrogen-bond acceptors (Lipinski definition) is 4. The Morgan fingerprint density at radius 3 is 2.64 bits per heavy atom. The van der Waals surface area contributed by atoms with Crippen molar-refractivity contribution in [3.8, 4) is 0 Å². The zero-order chi connectivity index (χ0) is 18.6. The molecule has 1 fully saturated rings. The second kappa shape index (κ2) is 7.38. The van der Waals surface area contributed by atoms with E-state index >= 15 is 0 Å². The van der Waals surface area contributed by atoms with Gasteiger partial charge in [0.1, 0.15) is 12.1 Å². The van der Waals surface area contributed by atoms with Crippen LogP contribution in [-0.2, 0) is 15.8 Å². The van der Waals surface area contributed by atoms with Crippen molar-refractivity contribution in [1.82, 2.24) is 16.0 Å². The van der Waals surface area contributed by atoms with Crippen LogP contribution in [0.25, 0.3) is 0 Å². The van der Waals surface area contributed by atoms with Gasteiger partial charge >= 0.3 is 12.2 Å². The number of hydrogen-bond donors (Lipinski definition) is 5. The minimum absolute atomic E-state index is 0.0120. The predicted octanol–water partition coefficient (Wildman–Crippen LogP) is -0.198. The van der Waals surface area contributed by atoms with Crippen LogP contribution >= 0.6 is 0 Å². The van der Waals surface area contributed by atoms with Gasteiger partial charge in [0.15, 0.2) is 0 Å². The van der Waals surface area contributed by atoms with Gasteiger partial charge in [-0.3, -0.25) is 9.59 Å². The first-order valence-electron chi connectivity index (χ1n) is 7.14. The summed E-state index contributed by atoms with van der Waals surface area (Å²) >= 11 is 0. The highest BCUT2D eigenvalue weighted by molar-refractivity contribution is 5.99. The van der Waals surface area contributed by atoms with Crippen molar-refractivity contribution >= 4 is 23.5 Å². The molecule has 0 bridgehead atoms. The van der Waals surface area contributed by atoms with Gasteiger partial charge in [0.25, 0.3) is 0 Å². The van der Waals surface area contributed by atoms with Crippen LogP contribution in [0.5, 0.6) is 0 Å². The van der Waals surface area contributed by atoms with Crippen molar-refractivity contribution in [2.75, 3.05) is 18.5 Å². The van der Waals surface area contributed by atoms with E-state index in [1.54, 1.807) is 0 Å². The molecule has 1 heterocycles. The number of rotatable bonds is 5. The van der Waals surface area contributed by atoms with Crippen LogP contribution in [0.1, 0.15) is 5.56 Å². The molecule has 8 nitrogen and oxygen atoms in total. The number of nitrogens with one attached hydrogen (secondary N) is 4. The quantitative estimate of drug-likeness (QED) is 0.500. The minimum atomic E-state index is -4.57. The van der Waals surface area contributed by atoms with E-state index in [1.165, 1.54) is 6.07 Å². The van der Waals surface area contributed by atoms with E-state index in [4.69, 9.17) is 0 Å². The molecular formula is C14H15F3N4O4. The van der Waals surface area contributed by atoms with Crippen LogP contribution in [0, 0.1) is 0 Å². The number of alkyl halides is 3. The van der Waals surface area contributed by atoms with Crippen LogP contribution in [0.4, 0.5) is 23.7 Å². The van der Waals surface area contributed by atoms with Gasteiger partial charge in [-0.25, -0.2) is 4.79 Å². The first-order chi connectivity index (χ1) is 11.7. The first kappa shape index (κ1) is 18.5. The lowest BCUT2D eigenvalue weighted by Crippen LogP contribution is -2.52. The molecule has 2 rings (SSSR count). The van der Waals surface area contributed by atoms with Gasteiger partial charge in [-0.15, -0.1) is 0 Å². The molecule has 25 heavy (non-hydrogen) atoms. The van der Waals surface area contributed by atoms with Crippen molar-refractivity contribution in [3.05, 3.63) is 29.8 Å². The van der Waals surface area contributed by atoms with E-state index in [1.807, 2.05) is 0 Å². The van der Waals surface area contributed by atoms with Gasteiger partial charge in [0, 0.05) is 12.2 Å². The first-order valence-corrected chi connectivity index (χ1v) is 7.14. The number of halogens is 3. The van der Waals surface area contributed by atoms with Crippen LogP contribution in [0.3, 0.4) is 0 Å². The van der Waals surface area contributed by atoms with Gasteiger partial charge in [0.05, 0.1) is 12.2 Å². The highest BCUT2D eigenvalue weighted by Gasteiger charge is 2.32. The SMILES string of the molecule is O=C1NCC(C(=O)NC(CO)C(=O)Nc2cccc(C(F)(F)F)c2)N1. The zero-order valence-electron chi connectivity index (χ0n) is 12.7. The Morgan fingerprint density at radius 2 is 2.08 bits per heavy atom. The zero-order valence-corrected chi connectivity index (χ0v) is 12.7. The minimum Gasteiger partial charge on any atom is -0.394 e. The molecule has 0 saturated carbocycles. The normalized spacial score (nSPS) is 18.1. The fraction of sp³-hybridized carbons (Fsp3) is 0.357. The third-order valence-corrected chi connectivity index (χ3v) is 3.36. The van der Waals surface area contributed by atoms with E-state index in [0.717, 1.165) is 18.2 Å². The fourth-order valence-electron chi connectivity index (χ4n) is 2.08. The molecule has 1 aromatic carbocycles. The molecule has 1 saturated heterocycles. The summed E-state index contributed by atoms with van der Waals surface area (Å²) in [6.45, 7) is -0.761. The standard InChI is InChI=1S/C14H15F3N4O4/c15-14(16,17)7-2-1-3-8(4-7)19-12(24)10(6-22)20-11(23)9-5-18-13(25)21-9/h1-4,9-10,22H,5-6H2,(H,19,24)(H,20,23)(H2,18,21,25). The maximum Gasteiger partial charge on any atom is 0.416 e. The number of aliphatic hydroxyl groups is 1. The number of carbonyl (C=O) groups is 3. The van der Waals surface area contributed by atoms with Gasteiger partial charge in [-0.2, -0.15) is 13.2 Å². The molecule has 0 aliphatic carbocycles. The number of benzene rings is 1. The molecule has 1 aliphatic rings. The summed E-state index contributed by atoms with van der Waals surface area (Å²) in [5.74, 6) is -1.61. The average Bonchev–Trinajstić information content (AvgIpc) is 2.98. The van der Waals surface area contributed by atoms with E-state index in [-0.39, 0.29) is 12.2 Å². The third kappa shape index (κ3) is 4.83. The van der Waals surface area contributed by atoms with Crippen molar-refractivity contribution in [1.29, 1.82) is 0 Å². The Bertz CT molecular complexity index is 680. The number of aliphatic hydroxyl groups excluding tert-OH is 1. The molecule has 136 valence electrons. The summed E-state index contributed by atoms with van der Waals surface area (Å²) in [6.07, 6.45) is -4.57. The van der Waals surface area contributed by atoms with Crippen molar-refractivity contribution in [3.63, 3.8) is 0 Å². The van der Waals surface area contributed by atoms with Crippen LogP contribution in [0.2, 0.25) is 0 Å². The van der Waals surface area contributed by atoms with Gasteiger partial charge < -0.3 is 26.4 Å². The molecule has 2 atom stereocenters. The van der Waals surface area contributed by atoms with Gasteiger partial charge in [0.2, 0.25) is 11.8 Å². The Morgan fingerprint density at radius 1 is 1.36 bits per heavy atom. The Hall–Kier alpha value is -2.82. The van der Waals surface area contributed by atoms with Crippen molar-refractivity contribution < 1.29 is 32.7 Å². The summed E-state index contributed by atoms with van der Waals surface area (Å²) in [7, 11) is 0. The number of amides is 4. The second-order valence-corrected chi connectivity index (χ2v) is 5.22. The van der Waals surface area contributed by atoms with Crippen LogP contribution in [-0.4, -0.2) is 48.2 Å².